The zero-order valence-corrected chi connectivity index (χ0v) is 44.2. The molecule has 6 rings (SSSR count). The number of hydrogen-bond donors (Lipinski definition) is 3. The van der Waals surface area contributed by atoms with E-state index < -0.39 is 19.9 Å². The van der Waals surface area contributed by atoms with Crippen LogP contribution in [0.1, 0.15) is 99.3 Å². The quantitative estimate of drug-likeness (QED) is 0.0193. The maximum Gasteiger partial charge on any atom is 0.325 e. The van der Waals surface area contributed by atoms with Crippen LogP contribution in [-0.4, -0.2) is 122 Å². The fraction of sp³-hybridized carbons (Fsp3) is 0.473. The molecule has 0 aliphatic carbocycles. The molecule has 4 aromatic carbocycles. The van der Waals surface area contributed by atoms with Crippen molar-refractivity contribution in [2.75, 3.05) is 59.5 Å². The fourth-order valence-electron chi connectivity index (χ4n) is 8.86. The monoisotopic (exact) mass is 1010 g/mol. The normalized spacial score (nSPS) is 17.6. The molecule has 2 unspecified atom stereocenters. The lowest BCUT2D eigenvalue weighted by molar-refractivity contribution is -0.127. The Kier molecular flexibility index (Phi) is 19.9. The van der Waals surface area contributed by atoms with Crippen LogP contribution in [0.3, 0.4) is 0 Å². The smallest absolute Gasteiger partial charge is 0.325 e. The number of methoxy groups -OCH3 is 2. The number of nitrogens with zero attached hydrogens (tertiary/aromatic N) is 3. The Bertz CT molecular complexity index is 2370. The maximum absolute atomic E-state index is 13.8. The Labute approximate surface area is 426 Å². The molecule has 2 aliphatic rings. The van der Waals surface area contributed by atoms with E-state index in [0.29, 0.717) is 48.4 Å². The van der Waals surface area contributed by atoms with Crippen molar-refractivity contribution in [2.24, 2.45) is 0 Å². The summed E-state index contributed by atoms with van der Waals surface area (Å²) < 4.78 is 27.1. The second kappa shape index (κ2) is 25.8. The zero-order chi connectivity index (χ0) is 51.1. The van der Waals surface area contributed by atoms with Crippen LogP contribution in [0.15, 0.2) is 103 Å². The van der Waals surface area contributed by atoms with Gasteiger partial charge in [-0.25, -0.2) is 11.4 Å². The van der Waals surface area contributed by atoms with E-state index in [4.69, 9.17) is 25.3 Å². The van der Waals surface area contributed by atoms with Crippen molar-refractivity contribution in [2.45, 2.75) is 107 Å². The van der Waals surface area contributed by atoms with Gasteiger partial charge in [0.05, 0.1) is 52.1 Å². The molecule has 2 fully saturated rings. The van der Waals surface area contributed by atoms with Gasteiger partial charge >= 0.3 is 6.03 Å². The SMILES string of the molecule is [C-]#[N+]CCCP(OCC(COC(c1ccccc1)(c1ccc(OC)cc1)c1ccc(OC)cc1)NC(=O)CNC(=O)CCCC[C@@H]1SC[C@H]2[C@@H]1NC(=O)N2C(=O)c1ccc(C(C)(C)C)cc1)N(C)C(C)C. The minimum atomic E-state index is -1.15. The summed E-state index contributed by atoms with van der Waals surface area (Å²) in [5, 5.41) is 9.12. The van der Waals surface area contributed by atoms with E-state index in [9.17, 15) is 19.2 Å². The van der Waals surface area contributed by atoms with Crippen molar-refractivity contribution >= 4 is 43.8 Å². The van der Waals surface area contributed by atoms with Crippen molar-refractivity contribution < 1.29 is 37.9 Å². The van der Waals surface area contributed by atoms with Crippen molar-refractivity contribution in [1.82, 2.24) is 25.5 Å². The number of rotatable bonds is 25. The highest BCUT2D eigenvalue weighted by molar-refractivity contribution is 8.00. The van der Waals surface area contributed by atoms with Gasteiger partial charge in [0.25, 0.3) is 5.91 Å². The van der Waals surface area contributed by atoms with Crippen LogP contribution < -0.4 is 25.4 Å². The number of hydrogen-bond acceptors (Lipinski definition) is 10. The molecular formula is C55H71N6O8PS. The molecule has 2 aliphatic heterocycles. The lowest BCUT2D eigenvalue weighted by atomic mass is 9.80. The second-order valence-electron chi connectivity index (χ2n) is 19.3. The summed E-state index contributed by atoms with van der Waals surface area (Å²) in [5.41, 5.74) is 2.95. The number of unbranched alkanes of at least 4 members (excludes halogenated alkanes) is 1. The van der Waals surface area contributed by atoms with Gasteiger partial charge in [-0.15, -0.1) is 0 Å². The summed E-state index contributed by atoms with van der Waals surface area (Å²) in [6.45, 7) is 18.2. The molecule has 4 aromatic rings. The molecule has 2 heterocycles. The van der Waals surface area contributed by atoms with E-state index in [1.54, 1.807) is 38.1 Å². The Balaban J connectivity index is 1.10. The second-order valence-corrected chi connectivity index (χ2v) is 22.6. The Hall–Kier alpha value is -5.49. The number of thioether (sulfide) groups is 1. The number of amides is 5. The largest absolute Gasteiger partial charge is 0.497 e. The number of benzene rings is 4. The lowest BCUT2D eigenvalue weighted by Crippen LogP contribution is -2.48. The first-order chi connectivity index (χ1) is 34.1. The predicted molar refractivity (Wildman–Crippen MR) is 282 cm³/mol. The molecular weight excluding hydrogens is 936 g/mol. The molecule has 16 heteroatoms. The summed E-state index contributed by atoms with van der Waals surface area (Å²) in [5.74, 6) is 1.12. The van der Waals surface area contributed by atoms with Gasteiger partial charge in [0.2, 0.25) is 18.4 Å². The molecule has 0 spiro atoms. The van der Waals surface area contributed by atoms with Crippen LogP contribution in [-0.2, 0) is 29.9 Å². The van der Waals surface area contributed by atoms with Crippen LogP contribution in [0.5, 0.6) is 11.5 Å². The molecule has 0 saturated carbocycles. The Morgan fingerprint density at radius 1 is 0.845 bits per heavy atom. The number of ether oxygens (including phenoxy) is 3. The fourth-order valence-corrected chi connectivity index (χ4v) is 12.4. The Morgan fingerprint density at radius 3 is 2.03 bits per heavy atom. The van der Waals surface area contributed by atoms with Crippen LogP contribution in [0.25, 0.3) is 4.85 Å². The maximum atomic E-state index is 13.8. The van der Waals surface area contributed by atoms with Gasteiger partial charge in [-0.1, -0.05) is 93.9 Å². The van der Waals surface area contributed by atoms with Crippen LogP contribution in [0, 0.1) is 6.57 Å². The highest BCUT2D eigenvalue weighted by Gasteiger charge is 2.50. The van der Waals surface area contributed by atoms with E-state index in [1.165, 1.54) is 4.90 Å². The number of urea groups is 1. The van der Waals surface area contributed by atoms with E-state index >= 15 is 0 Å². The van der Waals surface area contributed by atoms with Crippen LogP contribution in [0.4, 0.5) is 4.79 Å². The first kappa shape index (κ1) is 54.8. The Morgan fingerprint density at radius 2 is 1.45 bits per heavy atom. The third-order valence-corrected chi connectivity index (χ3v) is 16.9. The average Bonchev–Trinajstić information content (AvgIpc) is 3.92. The molecule has 0 radical (unpaired) electrons. The average molecular weight is 1010 g/mol. The van der Waals surface area contributed by atoms with Crippen molar-refractivity contribution in [1.29, 1.82) is 0 Å². The van der Waals surface area contributed by atoms with E-state index in [-0.39, 0.29) is 78.7 Å². The van der Waals surface area contributed by atoms with Gasteiger partial charge < -0.3 is 39.5 Å². The third-order valence-electron chi connectivity index (χ3n) is 13.1. The number of carbonyl (C=O) groups is 4. The van der Waals surface area contributed by atoms with Gasteiger partial charge in [0, 0.05) is 41.6 Å². The van der Waals surface area contributed by atoms with Crippen molar-refractivity contribution in [3.63, 3.8) is 0 Å². The number of fused-ring (bicyclic) bond motifs is 1. The molecule has 5 amide bonds. The first-order valence-corrected chi connectivity index (χ1v) is 26.9. The van der Waals surface area contributed by atoms with Crippen LogP contribution >= 0.6 is 20.1 Å². The number of carbonyl (C=O) groups excluding carboxylic acids is 4. The van der Waals surface area contributed by atoms with Gasteiger partial charge in [0.15, 0.2) is 0 Å². The molecule has 2 saturated heterocycles. The summed E-state index contributed by atoms with van der Waals surface area (Å²) in [7, 11) is 4.14. The highest BCUT2D eigenvalue weighted by atomic mass is 32.2. The van der Waals surface area contributed by atoms with E-state index in [0.717, 1.165) is 35.1 Å². The third kappa shape index (κ3) is 14.1. The summed E-state index contributed by atoms with van der Waals surface area (Å²) in [6, 6.07) is 31.7. The minimum absolute atomic E-state index is 0.0290. The molecule has 5 atom stereocenters. The zero-order valence-electron chi connectivity index (χ0n) is 42.4. The topological polar surface area (TPSA) is 152 Å². The molecule has 71 heavy (non-hydrogen) atoms. The van der Waals surface area contributed by atoms with Crippen molar-refractivity contribution in [3.05, 3.63) is 142 Å². The molecule has 0 bridgehead atoms. The van der Waals surface area contributed by atoms with E-state index in [2.05, 4.69) is 60.1 Å². The molecule has 380 valence electrons. The molecule has 0 aromatic heterocycles. The van der Waals surface area contributed by atoms with Crippen molar-refractivity contribution in [3.8, 4) is 11.5 Å². The van der Waals surface area contributed by atoms with Crippen LogP contribution in [0.2, 0.25) is 0 Å². The first-order valence-electron chi connectivity index (χ1n) is 24.5. The van der Waals surface area contributed by atoms with Gasteiger partial charge in [-0.05, 0) is 97.8 Å². The van der Waals surface area contributed by atoms with Gasteiger partial charge in [-0.2, -0.15) is 11.8 Å². The van der Waals surface area contributed by atoms with Gasteiger partial charge in [-0.3, -0.25) is 24.0 Å². The predicted octanol–water partition coefficient (Wildman–Crippen LogP) is 9.17. The minimum Gasteiger partial charge on any atom is -0.497 e. The summed E-state index contributed by atoms with van der Waals surface area (Å²) >= 11 is 1.75. The number of nitrogens with one attached hydrogen (secondary N) is 3. The molecule has 3 N–H and O–H groups in total. The highest BCUT2D eigenvalue weighted by Crippen LogP contribution is 2.44. The summed E-state index contributed by atoms with van der Waals surface area (Å²) in [6.07, 6.45) is 3.72. The number of imide groups is 1. The lowest BCUT2D eigenvalue weighted by Gasteiger charge is -2.38. The van der Waals surface area contributed by atoms with Gasteiger partial charge in [0.1, 0.15) is 25.4 Å². The summed E-state index contributed by atoms with van der Waals surface area (Å²) in [4.78, 5) is 58.6. The molecule has 14 nitrogen and oxygen atoms in total. The van der Waals surface area contributed by atoms with E-state index in [1.807, 2.05) is 98.0 Å². The standard InChI is InChI=1S/C55H71N6O8PS/c1-38(2)60(7)70(33-15-32-56-6)69-36-44(35-68-55(41-16-11-10-12-17-41,42-24-28-45(66-8)29-25-42)43-26-30-46(67-9)31-27-43)58-50(63)34-57-49(62)19-14-13-18-48-51-47(37-71-48)61(53(65)59-51)52(64)39-20-22-40(23-21-39)54(3,4)5/h10-12,16-17,20-31,38,44,47-48,51H,13-15,18-19,32-37H2,1-5,7-9H3,(H,57,62)(H,58,63)(H,59,65)/t44?,47-,48-,51-,70?/m0/s1.